The third-order valence-electron chi connectivity index (χ3n) is 3.69. The second-order valence-electron chi connectivity index (χ2n) is 5.02. The Hall–Kier alpha value is -1.88. The zero-order valence-corrected chi connectivity index (χ0v) is 13.1. The number of nitrogens with one attached hydrogen (secondary N) is 1. The van der Waals surface area contributed by atoms with Crippen molar-refractivity contribution < 1.29 is 9.26 Å². The largest absolute Gasteiger partial charge is 0.496 e. The van der Waals surface area contributed by atoms with Gasteiger partial charge in [-0.2, -0.15) is 4.98 Å². The van der Waals surface area contributed by atoms with Crippen LogP contribution in [0.4, 0.5) is 0 Å². The lowest BCUT2D eigenvalue weighted by Gasteiger charge is -2.20. The lowest BCUT2D eigenvalue weighted by Crippen LogP contribution is -2.33. The Bertz CT molecular complexity index is 568. The predicted molar refractivity (Wildman–Crippen MR) is 82.5 cm³/mol. The zero-order chi connectivity index (χ0) is 15.2. The lowest BCUT2D eigenvalue weighted by atomic mass is 9.99. The van der Waals surface area contributed by atoms with Gasteiger partial charge in [0.1, 0.15) is 5.75 Å². The van der Waals surface area contributed by atoms with Gasteiger partial charge in [0.15, 0.2) is 0 Å². The maximum absolute atomic E-state index is 5.45. The number of methoxy groups -OCH3 is 1. The van der Waals surface area contributed by atoms with Crippen molar-refractivity contribution in [3.05, 3.63) is 30.2 Å². The van der Waals surface area contributed by atoms with E-state index in [0.717, 1.165) is 24.3 Å². The highest BCUT2D eigenvalue weighted by Crippen LogP contribution is 2.29. The molecule has 2 atom stereocenters. The minimum Gasteiger partial charge on any atom is -0.496 e. The SMILES string of the molecule is CCNC(CC)C(C)c1nc(-c2ccccc2OC)no1. The second-order valence-corrected chi connectivity index (χ2v) is 5.02. The molecule has 0 aliphatic heterocycles. The van der Waals surface area contributed by atoms with E-state index in [9.17, 15) is 0 Å². The van der Waals surface area contributed by atoms with E-state index >= 15 is 0 Å². The highest BCUT2D eigenvalue weighted by molar-refractivity contribution is 5.63. The van der Waals surface area contributed by atoms with Crippen LogP contribution in [0.25, 0.3) is 11.4 Å². The number of nitrogens with zero attached hydrogens (tertiary/aromatic N) is 2. The Balaban J connectivity index is 2.25. The van der Waals surface area contributed by atoms with E-state index in [1.165, 1.54) is 0 Å². The first kappa shape index (κ1) is 15.5. The number of aromatic nitrogens is 2. The summed E-state index contributed by atoms with van der Waals surface area (Å²) >= 11 is 0. The van der Waals surface area contributed by atoms with Crippen LogP contribution >= 0.6 is 0 Å². The van der Waals surface area contributed by atoms with Gasteiger partial charge in [-0.1, -0.05) is 38.1 Å². The summed E-state index contributed by atoms with van der Waals surface area (Å²) in [5.74, 6) is 2.14. The molecule has 1 aromatic carbocycles. The molecule has 1 N–H and O–H groups in total. The van der Waals surface area contributed by atoms with Gasteiger partial charge in [-0.3, -0.25) is 0 Å². The number of hydrogen-bond acceptors (Lipinski definition) is 5. The summed E-state index contributed by atoms with van der Waals surface area (Å²) in [7, 11) is 1.64. The number of ether oxygens (including phenoxy) is 1. The van der Waals surface area contributed by atoms with Crippen LogP contribution < -0.4 is 10.1 Å². The summed E-state index contributed by atoms with van der Waals surface area (Å²) in [5, 5.41) is 7.55. The topological polar surface area (TPSA) is 60.2 Å². The number of likely N-dealkylation sites (N-methyl/N-ethyl adjacent to an activating group) is 1. The molecule has 5 nitrogen and oxygen atoms in total. The maximum Gasteiger partial charge on any atom is 0.231 e. The van der Waals surface area contributed by atoms with Crippen LogP contribution in [0, 0.1) is 0 Å². The molecule has 1 aromatic heterocycles. The fraction of sp³-hybridized carbons (Fsp3) is 0.500. The molecule has 0 amide bonds. The molecule has 0 spiro atoms. The van der Waals surface area contributed by atoms with E-state index in [1.54, 1.807) is 7.11 Å². The third-order valence-corrected chi connectivity index (χ3v) is 3.69. The fourth-order valence-electron chi connectivity index (χ4n) is 2.47. The molecule has 0 aliphatic rings. The Morgan fingerprint density at radius 1 is 1.29 bits per heavy atom. The molecular weight excluding hydrogens is 266 g/mol. The molecular formula is C16H23N3O2. The van der Waals surface area contributed by atoms with Crippen molar-refractivity contribution in [2.75, 3.05) is 13.7 Å². The number of para-hydroxylation sites is 1. The van der Waals surface area contributed by atoms with Crippen LogP contribution in [0.3, 0.4) is 0 Å². The van der Waals surface area contributed by atoms with Gasteiger partial charge in [-0.05, 0) is 25.1 Å². The molecule has 0 radical (unpaired) electrons. The van der Waals surface area contributed by atoms with Crippen molar-refractivity contribution in [2.45, 2.75) is 39.2 Å². The molecule has 2 unspecified atom stereocenters. The molecule has 1 heterocycles. The van der Waals surface area contributed by atoms with Crippen molar-refractivity contribution in [3.63, 3.8) is 0 Å². The van der Waals surface area contributed by atoms with Gasteiger partial charge in [0.05, 0.1) is 18.6 Å². The monoisotopic (exact) mass is 289 g/mol. The summed E-state index contributed by atoms with van der Waals surface area (Å²) in [5.41, 5.74) is 0.846. The summed E-state index contributed by atoms with van der Waals surface area (Å²) in [6.07, 6.45) is 1.02. The summed E-state index contributed by atoms with van der Waals surface area (Å²) in [6, 6.07) is 8.01. The smallest absolute Gasteiger partial charge is 0.231 e. The van der Waals surface area contributed by atoms with E-state index in [4.69, 9.17) is 9.26 Å². The Morgan fingerprint density at radius 3 is 2.71 bits per heavy atom. The van der Waals surface area contributed by atoms with Crippen LogP contribution in [0.15, 0.2) is 28.8 Å². The van der Waals surface area contributed by atoms with E-state index < -0.39 is 0 Å². The maximum atomic E-state index is 5.45. The lowest BCUT2D eigenvalue weighted by molar-refractivity contribution is 0.321. The third kappa shape index (κ3) is 3.42. The van der Waals surface area contributed by atoms with Crippen molar-refractivity contribution in [1.29, 1.82) is 0 Å². The predicted octanol–water partition coefficient (Wildman–Crippen LogP) is 3.24. The van der Waals surface area contributed by atoms with Crippen molar-refractivity contribution >= 4 is 0 Å². The number of benzene rings is 1. The zero-order valence-electron chi connectivity index (χ0n) is 13.1. The van der Waals surface area contributed by atoms with Gasteiger partial charge in [0.2, 0.25) is 11.7 Å². The quantitative estimate of drug-likeness (QED) is 0.848. The Morgan fingerprint density at radius 2 is 2.05 bits per heavy atom. The van der Waals surface area contributed by atoms with Gasteiger partial charge in [0.25, 0.3) is 0 Å². The van der Waals surface area contributed by atoms with Gasteiger partial charge in [-0.15, -0.1) is 0 Å². The number of hydrogen-bond donors (Lipinski definition) is 1. The number of rotatable bonds is 7. The first-order valence-corrected chi connectivity index (χ1v) is 7.41. The van der Waals surface area contributed by atoms with Gasteiger partial charge >= 0.3 is 0 Å². The highest BCUT2D eigenvalue weighted by Gasteiger charge is 2.23. The highest BCUT2D eigenvalue weighted by atomic mass is 16.5. The molecule has 2 aromatic rings. The average molecular weight is 289 g/mol. The molecule has 21 heavy (non-hydrogen) atoms. The van der Waals surface area contributed by atoms with Crippen molar-refractivity contribution in [1.82, 2.24) is 15.5 Å². The molecule has 0 saturated carbocycles. The summed E-state index contributed by atoms with van der Waals surface area (Å²) in [6.45, 7) is 7.29. The Kier molecular flexibility index (Phi) is 5.33. The minimum absolute atomic E-state index is 0.172. The van der Waals surface area contributed by atoms with E-state index in [2.05, 4.69) is 36.2 Å². The molecule has 0 saturated heterocycles. The average Bonchev–Trinajstić information content (AvgIpc) is 3.01. The first-order chi connectivity index (χ1) is 10.2. The fourth-order valence-corrected chi connectivity index (χ4v) is 2.47. The first-order valence-electron chi connectivity index (χ1n) is 7.41. The van der Waals surface area contributed by atoms with Crippen LogP contribution in [0.5, 0.6) is 5.75 Å². The van der Waals surface area contributed by atoms with Gasteiger partial charge < -0.3 is 14.6 Å². The van der Waals surface area contributed by atoms with Crippen LogP contribution in [-0.2, 0) is 0 Å². The normalized spacial score (nSPS) is 13.9. The standard InChI is InChI=1S/C16H23N3O2/c1-5-13(17-6-2)11(3)16-18-15(19-21-16)12-9-7-8-10-14(12)20-4/h7-11,13,17H,5-6H2,1-4H3. The second kappa shape index (κ2) is 7.22. The van der Waals surface area contributed by atoms with E-state index in [-0.39, 0.29) is 5.92 Å². The molecule has 0 bridgehead atoms. The molecule has 2 rings (SSSR count). The van der Waals surface area contributed by atoms with E-state index in [0.29, 0.717) is 17.8 Å². The summed E-state index contributed by atoms with van der Waals surface area (Å²) < 4.78 is 10.8. The minimum atomic E-state index is 0.172. The molecule has 0 fully saturated rings. The molecule has 5 heteroatoms. The van der Waals surface area contributed by atoms with Crippen molar-refractivity contribution in [3.8, 4) is 17.1 Å². The van der Waals surface area contributed by atoms with Crippen LogP contribution in [0.1, 0.15) is 39.0 Å². The molecule has 0 aliphatic carbocycles. The van der Waals surface area contributed by atoms with Crippen LogP contribution in [0.2, 0.25) is 0 Å². The molecule has 114 valence electrons. The Labute approximate surface area is 125 Å². The van der Waals surface area contributed by atoms with E-state index in [1.807, 2.05) is 24.3 Å². The van der Waals surface area contributed by atoms with Crippen LogP contribution in [-0.4, -0.2) is 29.8 Å². The summed E-state index contributed by atoms with van der Waals surface area (Å²) in [4.78, 5) is 4.54. The van der Waals surface area contributed by atoms with Gasteiger partial charge in [-0.25, -0.2) is 0 Å². The van der Waals surface area contributed by atoms with Gasteiger partial charge in [0, 0.05) is 6.04 Å². The van der Waals surface area contributed by atoms with Crippen molar-refractivity contribution in [2.24, 2.45) is 0 Å².